The molecule has 5 nitrogen and oxygen atoms in total. The van der Waals surface area contributed by atoms with Crippen LogP contribution in [0.5, 0.6) is 11.5 Å². The molecule has 0 atom stereocenters. The number of nitrogens with one attached hydrogen (secondary N) is 1. The number of aromatic nitrogens is 3. The Bertz CT molecular complexity index is 810. The number of benzene rings is 1. The second-order valence-corrected chi connectivity index (χ2v) is 5.54. The molecule has 2 aromatic heterocycles. The van der Waals surface area contributed by atoms with E-state index in [1.807, 2.05) is 6.07 Å². The normalized spacial score (nSPS) is 11.1. The molecule has 8 heteroatoms. The minimum atomic E-state index is -2.84. The van der Waals surface area contributed by atoms with Gasteiger partial charge in [0.15, 0.2) is 5.16 Å². The second kappa shape index (κ2) is 6.82. The first kappa shape index (κ1) is 15.5. The van der Waals surface area contributed by atoms with E-state index in [4.69, 9.17) is 4.74 Å². The Morgan fingerprint density at radius 3 is 2.87 bits per heavy atom. The SMILES string of the molecule is COc1ccnc(CSc2nc3ccc(OC(F)F)cc3[nH]2)c1. The average molecular weight is 337 g/mol. The molecule has 120 valence electrons. The Labute approximate surface area is 135 Å². The molecule has 3 rings (SSSR count). The van der Waals surface area contributed by atoms with Crippen LogP contribution in [0.1, 0.15) is 5.69 Å². The van der Waals surface area contributed by atoms with Gasteiger partial charge in [-0.3, -0.25) is 4.98 Å². The van der Waals surface area contributed by atoms with Crippen LogP contribution in [0.2, 0.25) is 0 Å². The Morgan fingerprint density at radius 2 is 2.09 bits per heavy atom. The highest BCUT2D eigenvalue weighted by Gasteiger charge is 2.09. The number of imidazole rings is 1. The standard InChI is InChI=1S/C15H13F2N3O2S/c1-21-10-4-5-18-9(6-10)8-23-15-19-12-3-2-11(22-14(16)17)7-13(12)20-15/h2-7,14H,8H2,1H3,(H,19,20). The number of halogens is 2. The summed E-state index contributed by atoms with van der Waals surface area (Å²) in [6, 6.07) is 8.23. The van der Waals surface area contributed by atoms with Gasteiger partial charge in [0.25, 0.3) is 0 Å². The van der Waals surface area contributed by atoms with Crippen molar-refractivity contribution in [1.29, 1.82) is 0 Å². The highest BCUT2D eigenvalue weighted by Crippen LogP contribution is 2.26. The smallest absolute Gasteiger partial charge is 0.387 e. The highest BCUT2D eigenvalue weighted by atomic mass is 32.2. The lowest BCUT2D eigenvalue weighted by Crippen LogP contribution is -2.01. The Balaban J connectivity index is 1.72. The molecule has 0 saturated carbocycles. The lowest BCUT2D eigenvalue weighted by Gasteiger charge is -2.02. The summed E-state index contributed by atoms with van der Waals surface area (Å²) in [4.78, 5) is 11.7. The van der Waals surface area contributed by atoms with E-state index in [1.54, 1.807) is 25.4 Å². The maximum atomic E-state index is 12.2. The van der Waals surface area contributed by atoms with Crippen molar-refractivity contribution in [3.05, 3.63) is 42.2 Å². The van der Waals surface area contributed by atoms with Gasteiger partial charge in [-0.25, -0.2) is 4.98 Å². The molecule has 0 unspecified atom stereocenters. The Kier molecular flexibility index (Phi) is 4.61. The fourth-order valence-electron chi connectivity index (χ4n) is 2.01. The molecule has 0 saturated heterocycles. The molecule has 0 aliphatic carbocycles. The van der Waals surface area contributed by atoms with Gasteiger partial charge in [0, 0.05) is 24.1 Å². The van der Waals surface area contributed by atoms with E-state index < -0.39 is 6.61 Å². The van der Waals surface area contributed by atoms with Gasteiger partial charge in [-0.05, 0) is 18.2 Å². The van der Waals surface area contributed by atoms with Crippen LogP contribution in [-0.4, -0.2) is 28.7 Å². The van der Waals surface area contributed by atoms with Gasteiger partial charge in [-0.1, -0.05) is 11.8 Å². The van der Waals surface area contributed by atoms with Crippen LogP contribution >= 0.6 is 11.8 Å². The van der Waals surface area contributed by atoms with E-state index in [9.17, 15) is 8.78 Å². The summed E-state index contributed by atoms with van der Waals surface area (Å²) in [6.07, 6.45) is 1.68. The number of ether oxygens (including phenoxy) is 2. The van der Waals surface area contributed by atoms with Crippen molar-refractivity contribution in [2.45, 2.75) is 17.5 Å². The predicted octanol–water partition coefficient (Wildman–Crippen LogP) is 3.86. The van der Waals surface area contributed by atoms with E-state index >= 15 is 0 Å². The zero-order valence-corrected chi connectivity index (χ0v) is 12.9. The number of H-pyrrole nitrogens is 1. The molecule has 1 N–H and O–H groups in total. The summed E-state index contributed by atoms with van der Waals surface area (Å²) in [5.41, 5.74) is 2.19. The van der Waals surface area contributed by atoms with Crippen molar-refractivity contribution in [3.63, 3.8) is 0 Å². The van der Waals surface area contributed by atoms with Crippen molar-refractivity contribution in [1.82, 2.24) is 15.0 Å². The van der Waals surface area contributed by atoms with Crippen molar-refractivity contribution in [2.75, 3.05) is 7.11 Å². The third-order valence-corrected chi connectivity index (χ3v) is 3.94. The molecule has 0 spiro atoms. The van der Waals surface area contributed by atoms with Gasteiger partial charge < -0.3 is 14.5 Å². The average Bonchev–Trinajstić information content (AvgIpc) is 2.94. The summed E-state index contributed by atoms with van der Waals surface area (Å²) in [6.45, 7) is -2.84. The minimum Gasteiger partial charge on any atom is -0.497 e. The minimum absolute atomic E-state index is 0.0992. The van der Waals surface area contributed by atoms with Crippen LogP contribution in [0.15, 0.2) is 41.7 Å². The lowest BCUT2D eigenvalue weighted by atomic mass is 10.3. The van der Waals surface area contributed by atoms with Crippen LogP contribution in [0.3, 0.4) is 0 Å². The molecule has 0 radical (unpaired) electrons. The van der Waals surface area contributed by atoms with Gasteiger partial charge in [-0.2, -0.15) is 8.78 Å². The van der Waals surface area contributed by atoms with Crippen LogP contribution in [0.25, 0.3) is 11.0 Å². The van der Waals surface area contributed by atoms with Crippen LogP contribution < -0.4 is 9.47 Å². The molecule has 23 heavy (non-hydrogen) atoms. The van der Waals surface area contributed by atoms with Crippen molar-refractivity contribution < 1.29 is 18.3 Å². The topological polar surface area (TPSA) is 60.0 Å². The third kappa shape index (κ3) is 3.89. The molecule has 3 aromatic rings. The predicted molar refractivity (Wildman–Crippen MR) is 83.1 cm³/mol. The molecule has 0 bridgehead atoms. The van der Waals surface area contributed by atoms with Gasteiger partial charge in [0.2, 0.25) is 0 Å². The molecule has 0 amide bonds. The van der Waals surface area contributed by atoms with E-state index in [1.165, 1.54) is 23.9 Å². The molecule has 0 aliphatic rings. The van der Waals surface area contributed by atoms with Crippen LogP contribution in [-0.2, 0) is 5.75 Å². The number of hydrogen-bond acceptors (Lipinski definition) is 5. The zero-order valence-electron chi connectivity index (χ0n) is 12.1. The molecular formula is C15H13F2N3O2S. The Hall–Kier alpha value is -2.35. The van der Waals surface area contributed by atoms with Crippen molar-refractivity contribution >= 4 is 22.8 Å². The first-order valence-corrected chi connectivity index (χ1v) is 7.69. The number of fused-ring (bicyclic) bond motifs is 1. The third-order valence-electron chi connectivity index (χ3n) is 3.04. The fraction of sp³-hybridized carbons (Fsp3) is 0.200. The fourth-order valence-corrected chi connectivity index (χ4v) is 2.80. The molecule has 1 aromatic carbocycles. The molecule has 0 fully saturated rings. The number of pyridine rings is 1. The first-order valence-electron chi connectivity index (χ1n) is 6.70. The van der Waals surface area contributed by atoms with E-state index in [-0.39, 0.29) is 5.75 Å². The van der Waals surface area contributed by atoms with Gasteiger partial charge in [-0.15, -0.1) is 0 Å². The van der Waals surface area contributed by atoms with E-state index in [0.29, 0.717) is 21.9 Å². The summed E-state index contributed by atoms with van der Waals surface area (Å²) >= 11 is 1.46. The first-order chi connectivity index (χ1) is 11.1. The number of rotatable bonds is 6. The number of thioether (sulfide) groups is 1. The quantitative estimate of drug-likeness (QED) is 0.692. The van der Waals surface area contributed by atoms with Gasteiger partial charge in [0.05, 0.1) is 23.8 Å². The van der Waals surface area contributed by atoms with Gasteiger partial charge >= 0.3 is 6.61 Å². The van der Waals surface area contributed by atoms with Crippen LogP contribution in [0.4, 0.5) is 8.78 Å². The highest BCUT2D eigenvalue weighted by molar-refractivity contribution is 7.98. The summed E-state index contributed by atoms with van der Waals surface area (Å²) < 4.78 is 34.0. The number of nitrogens with zero attached hydrogens (tertiary/aromatic N) is 2. The van der Waals surface area contributed by atoms with E-state index in [2.05, 4.69) is 19.7 Å². The maximum Gasteiger partial charge on any atom is 0.387 e. The summed E-state index contributed by atoms with van der Waals surface area (Å²) in [7, 11) is 1.60. The molecule has 2 heterocycles. The number of hydrogen-bond donors (Lipinski definition) is 1. The van der Waals surface area contributed by atoms with E-state index in [0.717, 1.165) is 11.4 Å². The maximum absolute atomic E-state index is 12.2. The number of alkyl halides is 2. The molecule has 0 aliphatic heterocycles. The van der Waals surface area contributed by atoms with Gasteiger partial charge in [0.1, 0.15) is 11.5 Å². The lowest BCUT2D eigenvalue weighted by molar-refractivity contribution is -0.0497. The second-order valence-electron chi connectivity index (χ2n) is 4.58. The molecular weight excluding hydrogens is 324 g/mol. The zero-order chi connectivity index (χ0) is 16.2. The van der Waals surface area contributed by atoms with Crippen molar-refractivity contribution in [2.24, 2.45) is 0 Å². The summed E-state index contributed by atoms with van der Waals surface area (Å²) in [5.74, 6) is 1.45. The monoisotopic (exact) mass is 337 g/mol. The summed E-state index contributed by atoms with van der Waals surface area (Å²) in [5, 5.41) is 0.679. The van der Waals surface area contributed by atoms with Crippen LogP contribution in [0, 0.1) is 0 Å². The Morgan fingerprint density at radius 1 is 1.22 bits per heavy atom. The number of aromatic amines is 1. The largest absolute Gasteiger partial charge is 0.497 e. The van der Waals surface area contributed by atoms with Crippen molar-refractivity contribution in [3.8, 4) is 11.5 Å². The number of methoxy groups -OCH3 is 1.